The van der Waals surface area contributed by atoms with Crippen LogP contribution in [0.4, 0.5) is 0 Å². The fourth-order valence-electron chi connectivity index (χ4n) is 8.45. The maximum Gasteiger partial charge on any atom is 0.306 e. The molecule has 0 saturated carbocycles. The first-order valence-corrected chi connectivity index (χ1v) is 30.1. The molecule has 0 heterocycles. The van der Waals surface area contributed by atoms with Crippen LogP contribution >= 0.6 is 0 Å². The molecule has 0 aromatic carbocycles. The quantitative estimate of drug-likeness (QED) is 0.0261. The Kier molecular flexibility index (Phi) is 56.3. The lowest BCUT2D eigenvalue weighted by atomic mass is 10.0. The summed E-state index contributed by atoms with van der Waals surface area (Å²) in [5.41, 5.74) is 0. The molecule has 0 radical (unpaired) electrons. The second-order valence-electron chi connectivity index (χ2n) is 19.9. The molecule has 0 aliphatic rings. The Hall–Kier alpha value is -3.41. The summed E-state index contributed by atoms with van der Waals surface area (Å²) in [6, 6.07) is 0. The van der Waals surface area contributed by atoms with Crippen molar-refractivity contribution in [3.63, 3.8) is 0 Å². The summed E-state index contributed by atoms with van der Waals surface area (Å²) >= 11 is 0. The maximum absolute atomic E-state index is 12.9. The van der Waals surface area contributed by atoms with Crippen LogP contribution in [-0.4, -0.2) is 37.2 Å². The Morgan fingerprint density at radius 3 is 0.859 bits per heavy atom. The van der Waals surface area contributed by atoms with E-state index in [9.17, 15) is 14.4 Å². The molecular weight excluding hydrogens is 877 g/mol. The van der Waals surface area contributed by atoms with E-state index in [1.165, 1.54) is 141 Å². The summed E-state index contributed by atoms with van der Waals surface area (Å²) in [5.74, 6) is -0.884. The van der Waals surface area contributed by atoms with Crippen LogP contribution in [0, 0.1) is 0 Å². The van der Waals surface area contributed by atoms with Gasteiger partial charge in [0.05, 0.1) is 0 Å². The van der Waals surface area contributed by atoms with Gasteiger partial charge >= 0.3 is 17.9 Å². The van der Waals surface area contributed by atoms with Crippen LogP contribution in [-0.2, 0) is 28.6 Å². The second-order valence-corrected chi connectivity index (χ2v) is 19.9. The zero-order chi connectivity index (χ0) is 51.4. The molecule has 0 saturated heterocycles. The number of rotatable bonds is 54. The molecule has 6 nitrogen and oxygen atoms in total. The van der Waals surface area contributed by atoms with E-state index in [4.69, 9.17) is 14.2 Å². The third kappa shape index (κ3) is 57.4. The third-order valence-corrected chi connectivity index (χ3v) is 12.9. The summed E-state index contributed by atoms with van der Waals surface area (Å²) in [6.45, 7) is 6.43. The molecule has 0 bridgehead atoms. The van der Waals surface area contributed by atoms with E-state index in [0.717, 1.165) is 109 Å². The van der Waals surface area contributed by atoms with Crippen molar-refractivity contribution in [2.24, 2.45) is 0 Å². The van der Waals surface area contributed by atoms with E-state index < -0.39 is 6.10 Å². The van der Waals surface area contributed by atoms with Crippen molar-refractivity contribution in [3.8, 4) is 0 Å². The molecular formula is C65H112O6. The summed E-state index contributed by atoms with van der Waals surface area (Å²) in [5, 5.41) is 0. The smallest absolute Gasteiger partial charge is 0.306 e. The molecule has 0 N–H and O–H groups in total. The number of carbonyl (C=O) groups excluding carboxylic acids is 3. The van der Waals surface area contributed by atoms with Gasteiger partial charge in [-0.05, 0) is 89.9 Å². The van der Waals surface area contributed by atoms with Gasteiger partial charge in [-0.1, -0.05) is 266 Å². The Balaban J connectivity index is 4.34. The Morgan fingerprint density at radius 2 is 0.549 bits per heavy atom. The minimum Gasteiger partial charge on any atom is -0.462 e. The topological polar surface area (TPSA) is 78.9 Å². The van der Waals surface area contributed by atoms with Crippen LogP contribution in [0.25, 0.3) is 0 Å². The highest BCUT2D eigenvalue weighted by atomic mass is 16.6. The predicted octanol–water partition coefficient (Wildman–Crippen LogP) is 20.3. The summed E-state index contributed by atoms with van der Waals surface area (Å²) in [6.07, 6.45) is 77.2. The van der Waals surface area contributed by atoms with Crippen LogP contribution < -0.4 is 0 Å². The minimum atomic E-state index is -0.783. The highest BCUT2D eigenvalue weighted by Crippen LogP contribution is 2.16. The van der Waals surface area contributed by atoms with Gasteiger partial charge < -0.3 is 14.2 Å². The highest BCUT2D eigenvalue weighted by Gasteiger charge is 2.19. The molecule has 6 heteroatoms. The van der Waals surface area contributed by atoms with Crippen LogP contribution in [0.2, 0.25) is 0 Å². The molecule has 1 unspecified atom stereocenters. The number of unbranched alkanes of at least 4 members (excludes halogenated alkanes) is 29. The first-order chi connectivity index (χ1) is 35.0. The van der Waals surface area contributed by atoms with Gasteiger partial charge in [0.2, 0.25) is 0 Å². The van der Waals surface area contributed by atoms with E-state index in [0.29, 0.717) is 19.3 Å². The predicted molar refractivity (Wildman–Crippen MR) is 307 cm³/mol. The molecule has 0 fully saturated rings. The number of allylic oxidation sites excluding steroid dienone is 14. The maximum atomic E-state index is 12.9. The van der Waals surface area contributed by atoms with Gasteiger partial charge in [0.15, 0.2) is 6.10 Å². The van der Waals surface area contributed by atoms with Crippen molar-refractivity contribution in [1.29, 1.82) is 0 Å². The number of hydrogen-bond donors (Lipinski definition) is 0. The van der Waals surface area contributed by atoms with Crippen molar-refractivity contribution in [2.75, 3.05) is 13.2 Å². The van der Waals surface area contributed by atoms with Crippen LogP contribution in [0.3, 0.4) is 0 Å². The van der Waals surface area contributed by atoms with E-state index in [2.05, 4.69) is 106 Å². The van der Waals surface area contributed by atoms with Crippen molar-refractivity contribution >= 4 is 17.9 Å². The summed E-state index contributed by atoms with van der Waals surface area (Å²) in [4.78, 5) is 38.2. The average molecular weight is 990 g/mol. The zero-order valence-electron chi connectivity index (χ0n) is 46.7. The minimum absolute atomic E-state index is 0.0792. The molecule has 0 spiro atoms. The number of esters is 3. The largest absolute Gasteiger partial charge is 0.462 e. The lowest BCUT2D eigenvalue weighted by Crippen LogP contribution is -2.30. The lowest BCUT2D eigenvalue weighted by Gasteiger charge is -2.18. The SMILES string of the molecule is CC/C=C\C/C=C\C/C=C\C/C=C\CCCCCCCCCCCCC(=O)OCC(COC(=O)CCCCCCCCCCCCCCC)OC(=O)CCCCCCCCC/C=C\C/C=C\C/C=C\CC. The van der Waals surface area contributed by atoms with Crippen LogP contribution in [0.1, 0.15) is 290 Å². The van der Waals surface area contributed by atoms with Crippen LogP contribution in [0.15, 0.2) is 85.1 Å². The molecule has 0 aliphatic heterocycles. The van der Waals surface area contributed by atoms with Gasteiger partial charge in [-0.2, -0.15) is 0 Å². The lowest BCUT2D eigenvalue weighted by molar-refractivity contribution is -0.167. The molecule has 0 amide bonds. The van der Waals surface area contributed by atoms with Gasteiger partial charge in [-0.15, -0.1) is 0 Å². The van der Waals surface area contributed by atoms with Crippen molar-refractivity contribution in [3.05, 3.63) is 85.1 Å². The molecule has 0 aromatic heterocycles. The number of carbonyl (C=O) groups is 3. The first-order valence-electron chi connectivity index (χ1n) is 30.1. The van der Waals surface area contributed by atoms with Crippen LogP contribution in [0.5, 0.6) is 0 Å². The Labute approximate surface area is 439 Å². The summed E-state index contributed by atoms with van der Waals surface area (Å²) in [7, 11) is 0. The van der Waals surface area contributed by atoms with Gasteiger partial charge in [-0.3, -0.25) is 14.4 Å². The van der Waals surface area contributed by atoms with E-state index in [1.54, 1.807) is 0 Å². The fraction of sp³-hybridized carbons (Fsp3) is 0.738. The van der Waals surface area contributed by atoms with E-state index >= 15 is 0 Å². The average Bonchev–Trinajstić information content (AvgIpc) is 3.37. The third-order valence-electron chi connectivity index (χ3n) is 12.9. The van der Waals surface area contributed by atoms with E-state index in [-0.39, 0.29) is 31.1 Å². The van der Waals surface area contributed by atoms with Crippen molar-refractivity contribution in [1.82, 2.24) is 0 Å². The highest BCUT2D eigenvalue weighted by molar-refractivity contribution is 5.71. The van der Waals surface area contributed by atoms with Gasteiger partial charge in [0.1, 0.15) is 13.2 Å². The van der Waals surface area contributed by atoms with Gasteiger partial charge in [0.25, 0.3) is 0 Å². The number of ether oxygens (including phenoxy) is 3. The standard InChI is InChI=1S/C65H112O6/c1-4-7-10-13-16-19-22-25-27-29-30-31-32-33-34-36-37-40-43-46-49-52-55-58-64(67)70-61-62(60-69-63(66)57-54-51-48-45-42-39-24-21-18-15-12-9-6-3)71-65(68)59-56-53-50-47-44-41-38-35-28-26-23-20-17-14-11-8-5-2/h7-8,10-11,16-17,19-20,25-28,30-31,62H,4-6,9,12-15,18,21-24,29,32-61H2,1-3H3/b10-7-,11-8-,19-16-,20-17-,27-25-,28-26-,31-30-. The van der Waals surface area contributed by atoms with Crippen molar-refractivity contribution in [2.45, 2.75) is 297 Å². The second kappa shape index (κ2) is 59.2. The molecule has 1 atom stereocenters. The molecule has 71 heavy (non-hydrogen) atoms. The molecule has 408 valence electrons. The normalized spacial score (nSPS) is 12.7. The first kappa shape index (κ1) is 67.6. The van der Waals surface area contributed by atoms with Crippen molar-refractivity contribution < 1.29 is 28.6 Å². The zero-order valence-corrected chi connectivity index (χ0v) is 46.7. The molecule has 0 rings (SSSR count). The monoisotopic (exact) mass is 989 g/mol. The van der Waals surface area contributed by atoms with E-state index in [1.807, 2.05) is 0 Å². The van der Waals surface area contributed by atoms with Gasteiger partial charge in [-0.25, -0.2) is 0 Å². The molecule has 0 aromatic rings. The number of hydrogen-bond acceptors (Lipinski definition) is 6. The molecule has 0 aliphatic carbocycles. The Morgan fingerprint density at radius 1 is 0.296 bits per heavy atom. The summed E-state index contributed by atoms with van der Waals surface area (Å²) < 4.78 is 16.9. The fourth-order valence-corrected chi connectivity index (χ4v) is 8.45. The van der Waals surface area contributed by atoms with Gasteiger partial charge in [0, 0.05) is 19.3 Å². The Bertz CT molecular complexity index is 1370.